The molecule has 4 rings (SSSR count). The molecule has 5 heteroatoms. The third-order valence-corrected chi connectivity index (χ3v) is 5.26. The maximum absolute atomic E-state index is 13.5. The van der Waals surface area contributed by atoms with Gasteiger partial charge in [0.25, 0.3) is 5.91 Å². The first-order valence-electron chi connectivity index (χ1n) is 9.07. The number of likely N-dealkylation sites (tertiary alicyclic amines) is 1. The van der Waals surface area contributed by atoms with Gasteiger partial charge in [0.05, 0.1) is 22.8 Å². The number of carbonyl (C=O) groups is 1. The predicted octanol–water partition coefficient (Wildman–Crippen LogP) is 4.43. The lowest BCUT2D eigenvalue weighted by Gasteiger charge is -2.25. The lowest BCUT2D eigenvalue weighted by atomic mass is 10.0. The van der Waals surface area contributed by atoms with Crippen LogP contribution in [0.5, 0.6) is 0 Å². The quantitative estimate of drug-likeness (QED) is 0.686. The van der Waals surface area contributed by atoms with E-state index in [1.165, 1.54) is 0 Å². The normalized spacial score (nSPS) is 17.2. The number of aromatic nitrogens is 2. The van der Waals surface area contributed by atoms with Crippen molar-refractivity contribution in [3.63, 3.8) is 0 Å². The molecule has 0 unspecified atom stereocenters. The summed E-state index contributed by atoms with van der Waals surface area (Å²) in [7, 11) is 0. The zero-order chi connectivity index (χ0) is 18.4. The van der Waals surface area contributed by atoms with Gasteiger partial charge in [0, 0.05) is 23.2 Å². The Hall–Kier alpha value is -2.69. The van der Waals surface area contributed by atoms with Crippen molar-refractivity contribution >= 4 is 16.8 Å². The van der Waals surface area contributed by atoms with Gasteiger partial charge in [-0.1, -0.05) is 16.8 Å². The minimum atomic E-state index is 0.0297. The molecule has 1 aromatic carbocycles. The van der Waals surface area contributed by atoms with E-state index in [0.29, 0.717) is 0 Å². The Kier molecular flexibility index (Phi) is 4.02. The number of pyridine rings is 1. The van der Waals surface area contributed by atoms with Crippen molar-refractivity contribution < 1.29 is 9.32 Å². The van der Waals surface area contributed by atoms with E-state index in [1.54, 1.807) is 0 Å². The average molecular weight is 349 g/mol. The highest BCUT2D eigenvalue weighted by Gasteiger charge is 2.34. The maximum Gasteiger partial charge on any atom is 0.255 e. The molecule has 0 spiro atoms. The molecule has 1 saturated heterocycles. The molecule has 2 aromatic heterocycles. The smallest absolute Gasteiger partial charge is 0.255 e. The van der Waals surface area contributed by atoms with Crippen molar-refractivity contribution in [3.05, 3.63) is 58.1 Å². The van der Waals surface area contributed by atoms with Crippen LogP contribution in [0.1, 0.15) is 57.5 Å². The van der Waals surface area contributed by atoms with Gasteiger partial charge in [-0.05, 0) is 58.7 Å². The number of aryl methyl sites for hydroxylation is 4. The van der Waals surface area contributed by atoms with Gasteiger partial charge < -0.3 is 9.42 Å². The Balaban J connectivity index is 1.80. The first-order valence-corrected chi connectivity index (χ1v) is 9.07. The summed E-state index contributed by atoms with van der Waals surface area (Å²) in [5.41, 5.74) is 5.52. The van der Waals surface area contributed by atoms with Gasteiger partial charge in [-0.15, -0.1) is 0 Å². The van der Waals surface area contributed by atoms with Crippen LogP contribution in [-0.2, 0) is 0 Å². The summed E-state index contributed by atoms with van der Waals surface area (Å²) in [6.45, 7) is 8.60. The second kappa shape index (κ2) is 6.24. The Morgan fingerprint density at radius 3 is 2.73 bits per heavy atom. The highest BCUT2D eigenvalue weighted by molar-refractivity contribution is 6.06. The maximum atomic E-state index is 13.5. The molecule has 0 saturated carbocycles. The molecule has 1 fully saturated rings. The standard InChI is InChI=1S/C21H23N3O2/c1-12-7-8-18-16(10-12)17(11-13(2)22-18)21(25)24-9-5-6-19(24)20-14(3)23-26-15(20)4/h7-8,10-11,19H,5-6,9H2,1-4H3/t19-/m0/s1. The number of benzene rings is 1. The monoisotopic (exact) mass is 349 g/mol. The third-order valence-electron chi connectivity index (χ3n) is 5.26. The van der Waals surface area contributed by atoms with Gasteiger partial charge in [-0.2, -0.15) is 0 Å². The van der Waals surface area contributed by atoms with Crippen LogP contribution in [0.4, 0.5) is 0 Å². The van der Waals surface area contributed by atoms with Crippen LogP contribution in [0, 0.1) is 27.7 Å². The Morgan fingerprint density at radius 1 is 1.19 bits per heavy atom. The lowest BCUT2D eigenvalue weighted by Crippen LogP contribution is -2.31. The molecule has 5 nitrogen and oxygen atoms in total. The molecule has 0 aliphatic carbocycles. The first kappa shape index (κ1) is 16.8. The molecule has 26 heavy (non-hydrogen) atoms. The largest absolute Gasteiger partial charge is 0.361 e. The van der Waals surface area contributed by atoms with Crippen LogP contribution in [0.25, 0.3) is 10.9 Å². The van der Waals surface area contributed by atoms with Gasteiger partial charge in [-0.25, -0.2) is 0 Å². The van der Waals surface area contributed by atoms with E-state index in [9.17, 15) is 4.79 Å². The van der Waals surface area contributed by atoms with Gasteiger partial charge in [0.15, 0.2) is 0 Å². The summed E-state index contributed by atoms with van der Waals surface area (Å²) in [5.74, 6) is 0.868. The van der Waals surface area contributed by atoms with E-state index in [0.717, 1.165) is 64.1 Å². The SMILES string of the molecule is Cc1ccc2nc(C)cc(C(=O)N3CCC[C@H]3c3c(C)noc3C)c2c1. The predicted molar refractivity (Wildman–Crippen MR) is 100 cm³/mol. The van der Waals surface area contributed by atoms with Gasteiger partial charge in [-0.3, -0.25) is 9.78 Å². The van der Waals surface area contributed by atoms with E-state index in [1.807, 2.05) is 50.8 Å². The molecular formula is C21H23N3O2. The van der Waals surface area contributed by atoms with Crippen molar-refractivity contribution in [1.29, 1.82) is 0 Å². The van der Waals surface area contributed by atoms with Crippen molar-refractivity contribution in [2.45, 2.75) is 46.6 Å². The lowest BCUT2D eigenvalue weighted by molar-refractivity contribution is 0.0736. The Labute approximate surface area is 153 Å². The van der Waals surface area contributed by atoms with Crippen LogP contribution in [0.3, 0.4) is 0 Å². The van der Waals surface area contributed by atoms with Crippen LogP contribution in [-0.4, -0.2) is 27.5 Å². The second-order valence-electron chi connectivity index (χ2n) is 7.23. The molecule has 3 heterocycles. The molecule has 1 aliphatic rings. The molecule has 1 atom stereocenters. The molecule has 1 amide bonds. The summed E-state index contributed by atoms with van der Waals surface area (Å²) < 4.78 is 5.35. The Morgan fingerprint density at radius 2 is 2.00 bits per heavy atom. The zero-order valence-corrected chi connectivity index (χ0v) is 15.7. The van der Waals surface area contributed by atoms with Gasteiger partial charge in [0.1, 0.15) is 5.76 Å². The minimum Gasteiger partial charge on any atom is -0.361 e. The van der Waals surface area contributed by atoms with E-state index < -0.39 is 0 Å². The second-order valence-corrected chi connectivity index (χ2v) is 7.23. The number of amides is 1. The van der Waals surface area contributed by atoms with Gasteiger partial charge >= 0.3 is 0 Å². The summed E-state index contributed by atoms with van der Waals surface area (Å²) in [5, 5.41) is 5.00. The summed E-state index contributed by atoms with van der Waals surface area (Å²) in [6, 6.07) is 8.01. The fraction of sp³-hybridized carbons (Fsp3) is 0.381. The van der Waals surface area contributed by atoms with Crippen molar-refractivity contribution in [2.75, 3.05) is 6.54 Å². The zero-order valence-electron chi connectivity index (χ0n) is 15.7. The first-order chi connectivity index (χ1) is 12.5. The highest BCUT2D eigenvalue weighted by atomic mass is 16.5. The van der Waals surface area contributed by atoms with Crippen LogP contribution >= 0.6 is 0 Å². The number of carbonyl (C=O) groups excluding carboxylic acids is 1. The van der Waals surface area contributed by atoms with Crippen molar-refractivity contribution in [2.24, 2.45) is 0 Å². The molecule has 0 bridgehead atoms. The number of hydrogen-bond acceptors (Lipinski definition) is 4. The van der Waals surface area contributed by atoms with Crippen LogP contribution in [0.2, 0.25) is 0 Å². The number of nitrogens with zero attached hydrogens (tertiary/aromatic N) is 3. The third kappa shape index (κ3) is 2.68. The minimum absolute atomic E-state index is 0.0297. The number of fused-ring (bicyclic) bond motifs is 1. The molecule has 3 aromatic rings. The summed E-state index contributed by atoms with van der Waals surface area (Å²) >= 11 is 0. The molecule has 0 radical (unpaired) electrons. The van der Waals surface area contributed by atoms with E-state index >= 15 is 0 Å². The van der Waals surface area contributed by atoms with Crippen molar-refractivity contribution in [3.8, 4) is 0 Å². The van der Waals surface area contributed by atoms with E-state index in [4.69, 9.17) is 4.52 Å². The van der Waals surface area contributed by atoms with Crippen molar-refractivity contribution in [1.82, 2.24) is 15.0 Å². The molecule has 0 N–H and O–H groups in total. The fourth-order valence-electron chi connectivity index (χ4n) is 4.08. The van der Waals surface area contributed by atoms with E-state index in [2.05, 4.69) is 16.2 Å². The van der Waals surface area contributed by atoms with Gasteiger partial charge in [0.2, 0.25) is 0 Å². The topological polar surface area (TPSA) is 59.2 Å². The van der Waals surface area contributed by atoms with Crippen LogP contribution < -0.4 is 0 Å². The molecular weight excluding hydrogens is 326 g/mol. The highest BCUT2D eigenvalue weighted by Crippen LogP contribution is 2.37. The summed E-state index contributed by atoms with van der Waals surface area (Å²) in [4.78, 5) is 20.1. The molecule has 134 valence electrons. The average Bonchev–Trinajstić information content (AvgIpc) is 3.20. The summed E-state index contributed by atoms with van der Waals surface area (Å²) in [6.07, 6.45) is 1.93. The molecule has 1 aliphatic heterocycles. The Bertz CT molecular complexity index is 986. The van der Waals surface area contributed by atoms with Crippen LogP contribution in [0.15, 0.2) is 28.8 Å². The number of rotatable bonds is 2. The number of hydrogen-bond donors (Lipinski definition) is 0. The fourth-order valence-corrected chi connectivity index (χ4v) is 4.08. The van der Waals surface area contributed by atoms with E-state index in [-0.39, 0.29) is 11.9 Å².